The maximum absolute atomic E-state index is 11.8. The van der Waals surface area contributed by atoms with Crippen LogP contribution < -0.4 is 25.4 Å². The maximum atomic E-state index is 11.8. The zero-order valence-corrected chi connectivity index (χ0v) is 18.9. The summed E-state index contributed by atoms with van der Waals surface area (Å²) >= 11 is 0. The molecule has 2 aromatic carbocycles. The lowest BCUT2D eigenvalue weighted by molar-refractivity contribution is 0.0963. The van der Waals surface area contributed by atoms with E-state index in [0.717, 1.165) is 17.8 Å². The summed E-state index contributed by atoms with van der Waals surface area (Å²) in [7, 11) is 4.81. The van der Waals surface area contributed by atoms with Gasteiger partial charge in [0.1, 0.15) is 0 Å². The van der Waals surface area contributed by atoms with Crippen LogP contribution in [0.4, 0.5) is 5.69 Å². The summed E-state index contributed by atoms with van der Waals surface area (Å²) in [4.78, 5) is 16.4. The molecule has 0 bridgehead atoms. The molecule has 0 aliphatic heterocycles. The molecule has 7 nitrogen and oxygen atoms in total. The summed E-state index contributed by atoms with van der Waals surface area (Å²) in [5, 5.41) is 9.08. The third-order valence-electron chi connectivity index (χ3n) is 3.83. The molecule has 0 saturated carbocycles. The van der Waals surface area contributed by atoms with Crippen molar-refractivity contribution in [2.45, 2.75) is 13.5 Å². The average molecular weight is 498 g/mol. The van der Waals surface area contributed by atoms with E-state index in [4.69, 9.17) is 9.47 Å². The van der Waals surface area contributed by atoms with Gasteiger partial charge in [0, 0.05) is 30.9 Å². The number of methoxy groups -OCH3 is 2. The van der Waals surface area contributed by atoms with Crippen LogP contribution >= 0.6 is 24.0 Å². The lowest BCUT2D eigenvalue weighted by atomic mass is 10.1. The highest BCUT2D eigenvalue weighted by atomic mass is 127. The molecule has 0 aromatic heterocycles. The van der Waals surface area contributed by atoms with Gasteiger partial charge in [-0.25, -0.2) is 4.99 Å². The predicted octanol–water partition coefficient (Wildman–Crippen LogP) is 3.26. The molecular weight excluding hydrogens is 471 g/mol. The van der Waals surface area contributed by atoms with Gasteiger partial charge in [0.05, 0.1) is 20.8 Å². The van der Waals surface area contributed by atoms with Crippen LogP contribution in [0.25, 0.3) is 0 Å². The molecule has 0 unspecified atom stereocenters. The first-order chi connectivity index (χ1) is 13.1. The number of rotatable bonds is 7. The molecule has 0 aliphatic rings. The Hall–Kier alpha value is -2.49. The second-order valence-electron chi connectivity index (χ2n) is 5.67. The Balaban J connectivity index is 0.00000392. The summed E-state index contributed by atoms with van der Waals surface area (Å²) in [5.41, 5.74) is 2.38. The monoisotopic (exact) mass is 498 g/mol. The second-order valence-corrected chi connectivity index (χ2v) is 5.67. The van der Waals surface area contributed by atoms with Crippen LogP contribution in [-0.2, 0) is 6.54 Å². The number of hydrogen-bond acceptors (Lipinski definition) is 4. The van der Waals surface area contributed by atoms with Gasteiger partial charge in [-0.05, 0) is 36.8 Å². The number of anilines is 1. The van der Waals surface area contributed by atoms with Gasteiger partial charge in [0.25, 0.3) is 5.91 Å². The summed E-state index contributed by atoms with van der Waals surface area (Å²) in [5.74, 6) is 1.82. The molecule has 2 aromatic rings. The quantitative estimate of drug-likeness (QED) is 0.310. The minimum absolute atomic E-state index is 0. The zero-order chi connectivity index (χ0) is 19.6. The highest BCUT2D eigenvalue weighted by Gasteiger charge is 2.07. The van der Waals surface area contributed by atoms with E-state index < -0.39 is 0 Å². The van der Waals surface area contributed by atoms with Crippen molar-refractivity contribution in [3.05, 3.63) is 53.6 Å². The Kier molecular flexibility index (Phi) is 10.1. The highest BCUT2D eigenvalue weighted by molar-refractivity contribution is 14.0. The Morgan fingerprint density at radius 1 is 1.07 bits per heavy atom. The Bertz CT molecular complexity index is 812. The highest BCUT2D eigenvalue weighted by Crippen LogP contribution is 2.29. The van der Waals surface area contributed by atoms with E-state index >= 15 is 0 Å². The Labute approximate surface area is 182 Å². The first-order valence-electron chi connectivity index (χ1n) is 8.69. The third-order valence-corrected chi connectivity index (χ3v) is 3.83. The molecule has 152 valence electrons. The van der Waals surface area contributed by atoms with Gasteiger partial charge in [-0.2, -0.15) is 0 Å². The molecule has 28 heavy (non-hydrogen) atoms. The number of nitrogens with zero attached hydrogens (tertiary/aromatic N) is 1. The SMILES string of the molecule is CCNC(=NCc1cccc(C(=O)NC)c1)Nc1ccc(OC)c(OC)c1.I. The topological polar surface area (TPSA) is 84.0 Å². The molecule has 2 rings (SSSR count). The van der Waals surface area contributed by atoms with Crippen molar-refractivity contribution in [3.63, 3.8) is 0 Å². The number of amides is 1. The van der Waals surface area contributed by atoms with Crippen molar-refractivity contribution in [2.24, 2.45) is 4.99 Å². The molecule has 0 spiro atoms. The molecule has 0 atom stereocenters. The summed E-state index contributed by atoms with van der Waals surface area (Å²) < 4.78 is 10.6. The first-order valence-corrected chi connectivity index (χ1v) is 8.69. The number of halogens is 1. The van der Waals surface area contributed by atoms with E-state index in [-0.39, 0.29) is 29.9 Å². The maximum Gasteiger partial charge on any atom is 0.251 e. The van der Waals surface area contributed by atoms with Crippen molar-refractivity contribution in [1.29, 1.82) is 0 Å². The van der Waals surface area contributed by atoms with E-state index in [0.29, 0.717) is 29.6 Å². The fourth-order valence-corrected chi connectivity index (χ4v) is 2.48. The average Bonchev–Trinajstić information content (AvgIpc) is 2.71. The van der Waals surface area contributed by atoms with Crippen molar-refractivity contribution in [3.8, 4) is 11.5 Å². The van der Waals surface area contributed by atoms with Gasteiger partial charge in [0.15, 0.2) is 17.5 Å². The van der Waals surface area contributed by atoms with Crippen LogP contribution in [0.2, 0.25) is 0 Å². The van der Waals surface area contributed by atoms with E-state index in [1.165, 1.54) is 0 Å². The van der Waals surface area contributed by atoms with Gasteiger partial charge in [0.2, 0.25) is 0 Å². The zero-order valence-electron chi connectivity index (χ0n) is 16.5. The van der Waals surface area contributed by atoms with E-state index in [1.54, 1.807) is 27.3 Å². The van der Waals surface area contributed by atoms with Crippen molar-refractivity contribution >= 4 is 41.5 Å². The second kappa shape index (κ2) is 12.1. The number of ether oxygens (including phenoxy) is 2. The standard InChI is InChI=1S/C20H26N4O3.HI/c1-5-22-20(24-16-9-10-17(26-3)18(12-16)27-4)23-13-14-7-6-8-15(11-14)19(25)21-2;/h6-12H,5,13H2,1-4H3,(H,21,25)(H2,22,23,24);1H. The predicted molar refractivity (Wildman–Crippen MR) is 123 cm³/mol. The molecular formula is C20H27IN4O3. The molecule has 0 saturated heterocycles. The lowest BCUT2D eigenvalue weighted by Crippen LogP contribution is -2.30. The number of carbonyl (C=O) groups excluding carboxylic acids is 1. The van der Waals surface area contributed by atoms with Crippen LogP contribution in [0.1, 0.15) is 22.8 Å². The van der Waals surface area contributed by atoms with Crippen molar-refractivity contribution < 1.29 is 14.3 Å². The van der Waals surface area contributed by atoms with Crippen LogP contribution in [-0.4, -0.2) is 39.7 Å². The van der Waals surface area contributed by atoms with Crippen molar-refractivity contribution in [1.82, 2.24) is 10.6 Å². The van der Waals surface area contributed by atoms with E-state index in [2.05, 4.69) is 20.9 Å². The molecule has 8 heteroatoms. The lowest BCUT2D eigenvalue weighted by Gasteiger charge is -2.14. The van der Waals surface area contributed by atoms with Crippen LogP contribution in [0.15, 0.2) is 47.5 Å². The number of nitrogens with one attached hydrogen (secondary N) is 3. The summed E-state index contributed by atoms with van der Waals surface area (Å²) in [6.07, 6.45) is 0. The van der Waals surface area contributed by atoms with E-state index in [1.807, 2.05) is 43.3 Å². The molecule has 0 fully saturated rings. The van der Waals surface area contributed by atoms with Crippen LogP contribution in [0, 0.1) is 0 Å². The van der Waals surface area contributed by atoms with Gasteiger partial charge in [-0.3, -0.25) is 4.79 Å². The van der Waals surface area contributed by atoms with Gasteiger partial charge in [-0.15, -0.1) is 24.0 Å². The number of hydrogen-bond donors (Lipinski definition) is 3. The molecule has 0 radical (unpaired) electrons. The van der Waals surface area contributed by atoms with Crippen LogP contribution in [0.5, 0.6) is 11.5 Å². The molecule has 3 N–H and O–H groups in total. The Morgan fingerprint density at radius 2 is 1.82 bits per heavy atom. The molecule has 0 heterocycles. The molecule has 1 amide bonds. The smallest absolute Gasteiger partial charge is 0.251 e. The molecule has 0 aliphatic carbocycles. The van der Waals surface area contributed by atoms with Crippen molar-refractivity contribution in [2.75, 3.05) is 33.1 Å². The normalized spacial score (nSPS) is 10.5. The number of benzene rings is 2. The fourth-order valence-electron chi connectivity index (χ4n) is 2.48. The minimum Gasteiger partial charge on any atom is -0.493 e. The fraction of sp³-hybridized carbons (Fsp3) is 0.300. The first kappa shape index (κ1) is 23.5. The number of carbonyl (C=O) groups is 1. The minimum atomic E-state index is -0.115. The summed E-state index contributed by atoms with van der Waals surface area (Å²) in [6, 6.07) is 13.0. The number of aliphatic imine (C=N–C) groups is 1. The Morgan fingerprint density at radius 3 is 2.46 bits per heavy atom. The van der Waals surface area contributed by atoms with Gasteiger partial charge < -0.3 is 25.4 Å². The van der Waals surface area contributed by atoms with Crippen LogP contribution in [0.3, 0.4) is 0 Å². The third kappa shape index (κ3) is 6.59. The largest absolute Gasteiger partial charge is 0.493 e. The van der Waals surface area contributed by atoms with Gasteiger partial charge >= 0.3 is 0 Å². The number of guanidine groups is 1. The summed E-state index contributed by atoms with van der Waals surface area (Å²) in [6.45, 7) is 3.16. The van der Waals surface area contributed by atoms with E-state index in [9.17, 15) is 4.79 Å². The van der Waals surface area contributed by atoms with Gasteiger partial charge in [-0.1, -0.05) is 12.1 Å².